The molecule has 1 aromatic carbocycles. The smallest absolute Gasteiger partial charge is 0.326 e. The normalized spacial score (nSPS) is 16.1. The number of hydrogen-bond acceptors (Lipinski definition) is 22. The van der Waals surface area contributed by atoms with E-state index < -0.39 is 249 Å². The second kappa shape index (κ2) is 47.6. The lowest BCUT2D eigenvalue weighted by Crippen LogP contribution is -2.61. The number of aliphatic carboxylic acids is 5. The van der Waals surface area contributed by atoms with E-state index >= 15 is 0 Å². The van der Waals surface area contributed by atoms with E-state index in [2.05, 4.69) is 53.2 Å². The third kappa shape index (κ3) is 35.8. The van der Waals surface area contributed by atoms with Crippen LogP contribution in [0.4, 0.5) is 0 Å². The van der Waals surface area contributed by atoms with Gasteiger partial charge in [0, 0.05) is 51.6 Å². The third-order valence-electron chi connectivity index (χ3n) is 16.7. The monoisotopic (exact) mass is 1520 g/mol. The molecule has 1 aliphatic rings. The lowest BCUT2D eigenvalue weighted by Gasteiger charge is -2.35. The number of hydrogen-bond donors (Lipinski definition) is 20. The van der Waals surface area contributed by atoms with Crippen molar-refractivity contribution in [2.75, 3.05) is 31.6 Å². The number of unbranched alkanes of at least 4 members (excludes halogenated alkanes) is 1. The van der Waals surface area contributed by atoms with Gasteiger partial charge >= 0.3 is 29.8 Å². The summed E-state index contributed by atoms with van der Waals surface area (Å²) in [5, 5.41) is 92.9. The number of likely N-dealkylation sites (tertiary alicyclic amines) is 1. The topological polar surface area (TPSA) is 633 Å². The minimum absolute atomic E-state index is 0.0221. The molecule has 38 nitrogen and oxygen atoms in total. The summed E-state index contributed by atoms with van der Waals surface area (Å²) in [6.45, 7) is 7.94. The Kier molecular flexibility index (Phi) is 41.5. The van der Waals surface area contributed by atoms with Crippen LogP contribution in [0.5, 0.6) is 5.75 Å². The second-order valence-corrected chi connectivity index (χ2v) is 27.8. The summed E-state index contributed by atoms with van der Waals surface area (Å²) in [6, 6.07) is -12.6. The number of carbonyl (C=O) groups is 17. The number of primary amides is 1. The van der Waals surface area contributed by atoms with Gasteiger partial charge in [-0.15, -0.1) is 0 Å². The van der Waals surface area contributed by atoms with Crippen molar-refractivity contribution in [1.29, 1.82) is 0 Å². The fraction of sp³-hybridized carbons (Fsp3) is 0.657. The fourth-order valence-electron chi connectivity index (χ4n) is 11.1. The van der Waals surface area contributed by atoms with Crippen LogP contribution in [-0.4, -0.2) is 246 Å². The number of phenols is 1. The Morgan fingerprint density at radius 3 is 1.28 bits per heavy atom. The van der Waals surface area contributed by atoms with Crippen LogP contribution >= 0.6 is 11.8 Å². The molecule has 39 heteroatoms. The largest absolute Gasteiger partial charge is 0.508 e. The third-order valence-corrected chi connectivity index (χ3v) is 17.3. The molecule has 106 heavy (non-hydrogen) atoms. The van der Waals surface area contributed by atoms with Crippen molar-refractivity contribution in [3.8, 4) is 5.75 Å². The highest BCUT2D eigenvalue weighted by molar-refractivity contribution is 7.98. The van der Waals surface area contributed by atoms with Crippen molar-refractivity contribution in [2.45, 2.75) is 229 Å². The van der Waals surface area contributed by atoms with Gasteiger partial charge in [0.05, 0.1) is 24.5 Å². The summed E-state index contributed by atoms with van der Waals surface area (Å²) in [4.78, 5) is 228. The Morgan fingerprint density at radius 2 is 0.877 bits per heavy atom. The Labute approximate surface area is 616 Å². The first kappa shape index (κ1) is 92.3. The van der Waals surface area contributed by atoms with E-state index in [-0.39, 0.29) is 81.0 Å². The number of aliphatic hydroxyl groups is 1. The van der Waals surface area contributed by atoms with Gasteiger partial charge in [-0.25, -0.2) is 4.79 Å². The van der Waals surface area contributed by atoms with Crippen molar-refractivity contribution in [1.82, 2.24) is 58.1 Å². The van der Waals surface area contributed by atoms with E-state index in [4.69, 9.17) is 22.3 Å². The number of carboxylic acid groups (broad SMARTS) is 5. The molecule has 0 aromatic heterocycles. The van der Waals surface area contributed by atoms with E-state index in [1.54, 1.807) is 34.0 Å². The molecule has 1 saturated heterocycles. The number of thioether (sulfide) groups is 1. The summed E-state index contributed by atoms with van der Waals surface area (Å²) in [5.74, 6) is -21.1. The van der Waals surface area contributed by atoms with Crippen molar-refractivity contribution in [2.24, 2.45) is 35.0 Å². The van der Waals surface area contributed by atoms with E-state index in [1.807, 2.05) is 0 Å². The van der Waals surface area contributed by atoms with Gasteiger partial charge in [0.2, 0.25) is 70.9 Å². The van der Waals surface area contributed by atoms with Crippen molar-refractivity contribution >= 4 is 112 Å². The molecule has 1 aliphatic heterocycles. The number of piperidine rings is 1. The number of aliphatic hydroxyl groups excluding tert-OH is 1. The van der Waals surface area contributed by atoms with Crippen LogP contribution in [0, 0.1) is 17.8 Å². The minimum atomic E-state index is -1.81. The molecule has 0 spiro atoms. The van der Waals surface area contributed by atoms with Crippen molar-refractivity contribution in [3.05, 3.63) is 29.8 Å². The van der Waals surface area contributed by atoms with Crippen molar-refractivity contribution in [3.63, 3.8) is 0 Å². The van der Waals surface area contributed by atoms with Gasteiger partial charge in [0.25, 0.3) is 0 Å². The molecule has 1 heterocycles. The molecule has 2 rings (SSSR count). The van der Waals surface area contributed by atoms with Gasteiger partial charge in [-0.05, 0) is 132 Å². The number of carbonyl (C=O) groups excluding carboxylic acids is 12. The van der Waals surface area contributed by atoms with Crippen LogP contribution in [0.3, 0.4) is 0 Å². The molecule has 0 unspecified atom stereocenters. The quantitative estimate of drug-likeness (QED) is 0.0282. The number of amides is 12. The Morgan fingerprint density at radius 1 is 0.491 bits per heavy atom. The molecule has 12 amide bonds. The number of phenolic OH excluding ortho intramolecular Hbond substituents is 1. The molecule has 1 aromatic rings. The lowest BCUT2D eigenvalue weighted by molar-refractivity contribution is -0.145. The number of nitrogens with one attached hydrogen (secondary N) is 10. The highest BCUT2D eigenvalue weighted by Crippen LogP contribution is 2.21. The Hall–Kier alpha value is -9.76. The number of nitrogens with two attached hydrogens (primary N) is 3. The van der Waals surface area contributed by atoms with Crippen LogP contribution in [0.15, 0.2) is 24.3 Å². The number of rotatable bonds is 51. The summed E-state index contributed by atoms with van der Waals surface area (Å²) >= 11 is 1.22. The summed E-state index contributed by atoms with van der Waals surface area (Å²) in [5.41, 5.74) is 17.2. The van der Waals surface area contributed by atoms with Gasteiger partial charge in [-0.3, -0.25) is 76.7 Å². The maximum atomic E-state index is 14.8. The molecule has 0 radical (unpaired) electrons. The van der Waals surface area contributed by atoms with Crippen LogP contribution in [-0.2, 0) is 87.9 Å². The maximum absolute atomic E-state index is 14.8. The standard InChI is InChI=1S/C67H106N14O24S/c1-34(2)28-46(62(99)73-43(19-23-55(91)92)60(97)80-50(32-51(70)84)66(103)81-26-9-10-38(33-81)56(93)75-45(67(104)105)11-7-8-25-68)77-65(102)49(31-37-12-14-39(83)15-13-37)79-59(96)42(18-22-54(89)90)72-61(98)44(24-27-106-6)74-63(100)47(29-35(3)4)76-64(101)48(30-36(5)82)78-58(95)41(17-21-53(87)88)71-57(94)40(69)16-20-52(85)86/h12-15,34-36,38,40-50,82-83H,7-11,16-33,68-69H2,1-6H3,(H2,70,84)(H,71,94)(H,72,98)(H,73,99)(H,74,100)(H,75,93)(H,76,101)(H,77,102)(H,78,95)(H,79,96)(H,80,97)(H,85,86)(H,87,88)(H,89,90)(H,91,92)(H,104,105)/t36-,38-,40+,41+,42+,43+,44+,45+,46+,47+,48+,49+,50+/m1/s1. The Bertz CT molecular complexity index is 3200. The van der Waals surface area contributed by atoms with E-state index in [0.29, 0.717) is 19.4 Å². The number of aromatic hydroxyl groups is 1. The molecule has 23 N–H and O–H groups in total. The highest BCUT2D eigenvalue weighted by Gasteiger charge is 2.40. The molecular weight excluding hydrogens is 1420 g/mol. The van der Waals surface area contributed by atoms with Crippen LogP contribution < -0.4 is 70.4 Å². The average Bonchev–Trinajstić information content (AvgIpc) is 0.870. The van der Waals surface area contributed by atoms with Gasteiger partial charge in [-0.2, -0.15) is 11.8 Å². The summed E-state index contributed by atoms with van der Waals surface area (Å²) in [6.07, 6.45) is -5.35. The fourth-order valence-corrected chi connectivity index (χ4v) is 11.6. The SMILES string of the molecule is CSCC[C@H](NC(=O)[C@H](CC(C)C)NC(=O)[C@H](C[C@@H](C)O)NC(=O)[C@H](CCC(=O)O)NC(=O)[C@@H](N)CCC(=O)O)C(=O)N[C@@H](CCC(=O)O)C(=O)N[C@@H](Cc1ccc(O)cc1)C(=O)N[C@@H](CC(C)C)C(=O)N[C@@H](CCC(=O)O)C(=O)N[C@@H](CC(N)=O)C(=O)N1CCC[C@@H](C(=O)N[C@@H](CCCCN)C(=O)O)C1. The highest BCUT2D eigenvalue weighted by atomic mass is 32.2. The molecule has 0 saturated carbocycles. The van der Waals surface area contributed by atoms with Gasteiger partial charge < -0.3 is 111 Å². The predicted molar refractivity (Wildman–Crippen MR) is 378 cm³/mol. The maximum Gasteiger partial charge on any atom is 0.326 e. The summed E-state index contributed by atoms with van der Waals surface area (Å²) in [7, 11) is 0. The number of nitrogens with zero attached hydrogens (tertiary/aromatic N) is 1. The number of benzene rings is 1. The zero-order valence-electron chi connectivity index (χ0n) is 60.4. The van der Waals surface area contributed by atoms with Crippen LogP contribution in [0.25, 0.3) is 0 Å². The molecule has 594 valence electrons. The van der Waals surface area contributed by atoms with Gasteiger partial charge in [0.15, 0.2) is 0 Å². The lowest BCUT2D eigenvalue weighted by atomic mass is 9.95. The van der Waals surface area contributed by atoms with Gasteiger partial charge in [-0.1, -0.05) is 39.8 Å². The molecule has 0 aliphatic carbocycles. The first-order valence-electron chi connectivity index (χ1n) is 34.9. The van der Waals surface area contributed by atoms with Crippen LogP contribution in [0.1, 0.15) is 156 Å². The van der Waals surface area contributed by atoms with Crippen LogP contribution in [0.2, 0.25) is 0 Å². The molecule has 0 bridgehead atoms. The zero-order valence-corrected chi connectivity index (χ0v) is 61.2. The minimum Gasteiger partial charge on any atom is -0.508 e. The molecule has 1 fully saturated rings. The molecular formula is C67H106N14O24S. The second-order valence-electron chi connectivity index (χ2n) is 26.9. The predicted octanol–water partition coefficient (Wildman–Crippen LogP) is -3.49. The average molecular weight is 1520 g/mol. The first-order valence-corrected chi connectivity index (χ1v) is 36.3. The summed E-state index contributed by atoms with van der Waals surface area (Å²) < 4.78 is 0. The molecule has 13 atom stereocenters. The van der Waals surface area contributed by atoms with E-state index in [1.165, 1.54) is 47.9 Å². The van der Waals surface area contributed by atoms with Crippen molar-refractivity contribution < 1.29 is 117 Å². The first-order chi connectivity index (χ1) is 49.7. The van der Waals surface area contributed by atoms with E-state index in [9.17, 15) is 112 Å². The van der Waals surface area contributed by atoms with Gasteiger partial charge in [0.1, 0.15) is 66.2 Å². The zero-order chi connectivity index (χ0) is 80.1. The van der Waals surface area contributed by atoms with E-state index in [0.717, 1.165) is 0 Å². The number of carboxylic acids is 5. The Balaban J connectivity index is 2.57.